The first-order chi connectivity index (χ1) is 12.5. The number of nitriles is 3. The van der Waals surface area contributed by atoms with Crippen LogP contribution >= 0.6 is 0 Å². The Morgan fingerprint density at radius 3 is 2.58 bits per heavy atom. The van der Waals surface area contributed by atoms with Crippen molar-refractivity contribution in [2.45, 2.75) is 25.8 Å². The van der Waals surface area contributed by atoms with E-state index in [0.29, 0.717) is 19.1 Å². The molecule has 0 unspecified atom stereocenters. The van der Waals surface area contributed by atoms with Crippen molar-refractivity contribution in [2.24, 2.45) is 17.1 Å². The third-order valence-electron chi connectivity index (χ3n) is 5.47. The zero-order valence-electron chi connectivity index (χ0n) is 14.8. The number of hydrogen-bond acceptors (Lipinski definition) is 6. The van der Waals surface area contributed by atoms with Crippen LogP contribution in [0.5, 0.6) is 0 Å². The van der Waals surface area contributed by atoms with Crippen LogP contribution in [0.4, 0.5) is 0 Å². The van der Waals surface area contributed by atoms with Gasteiger partial charge in [0.25, 0.3) is 0 Å². The second kappa shape index (κ2) is 6.64. The fraction of sp³-hybridized carbons (Fsp3) is 0.400. The molecular weight excluding hydrogens is 324 g/mol. The Balaban J connectivity index is 2.29. The molecule has 2 N–H and O–H groups in total. The van der Waals surface area contributed by atoms with Gasteiger partial charge in [0, 0.05) is 43.4 Å². The quantitative estimate of drug-likeness (QED) is 0.880. The smallest absolute Gasteiger partial charge is 0.191 e. The summed E-state index contributed by atoms with van der Waals surface area (Å²) in [6.45, 7) is 5.59. The predicted octanol–water partition coefficient (Wildman–Crippen LogP) is 2.22. The molecule has 0 aromatic carbocycles. The lowest BCUT2D eigenvalue weighted by molar-refractivity contribution is 0.174. The molecule has 0 bridgehead atoms. The number of fused-ring (bicyclic) bond motifs is 1. The van der Waals surface area contributed by atoms with E-state index in [1.165, 1.54) is 0 Å². The van der Waals surface area contributed by atoms with Crippen molar-refractivity contribution in [2.75, 3.05) is 13.1 Å². The summed E-state index contributed by atoms with van der Waals surface area (Å²) in [6.07, 6.45) is 5.36. The van der Waals surface area contributed by atoms with Crippen LogP contribution in [0, 0.1) is 45.3 Å². The van der Waals surface area contributed by atoms with Crippen LogP contribution in [-0.4, -0.2) is 29.0 Å². The van der Waals surface area contributed by atoms with Crippen LogP contribution in [0.25, 0.3) is 0 Å². The lowest BCUT2D eigenvalue weighted by Gasteiger charge is -2.46. The summed E-state index contributed by atoms with van der Waals surface area (Å²) in [5, 5.41) is 29.6. The maximum atomic E-state index is 9.97. The molecule has 1 aliphatic carbocycles. The summed E-state index contributed by atoms with van der Waals surface area (Å²) in [6, 6.07) is 10.4. The van der Waals surface area contributed by atoms with Gasteiger partial charge in [-0.1, -0.05) is 12.1 Å². The molecule has 3 rings (SSSR count). The maximum absolute atomic E-state index is 9.97. The SMILES string of the molecule is CC(C)N1CC=C2C(C#N)=C(N)C(C#N)(C#N)[C@@H](c3cccnc3)[C@H]2C1. The molecule has 0 saturated carbocycles. The van der Waals surface area contributed by atoms with Crippen LogP contribution in [0.15, 0.2) is 47.4 Å². The number of pyridine rings is 1. The van der Waals surface area contributed by atoms with Crippen LogP contribution in [0.2, 0.25) is 0 Å². The van der Waals surface area contributed by atoms with E-state index in [1.807, 2.05) is 12.1 Å². The van der Waals surface area contributed by atoms with Crippen molar-refractivity contribution in [1.29, 1.82) is 15.8 Å². The van der Waals surface area contributed by atoms with E-state index in [1.54, 1.807) is 18.5 Å². The topological polar surface area (TPSA) is 114 Å². The van der Waals surface area contributed by atoms with E-state index >= 15 is 0 Å². The summed E-state index contributed by atoms with van der Waals surface area (Å²) in [7, 11) is 0. The lowest BCUT2D eigenvalue weighted by Crippen LogP contribution is -2.49. The Morgan fingerprint density at radius 2 is 2.04 bits per heavy atom. The van der Waals surface area contributed by atoms with Gasteiger partial charge in [-0.05, 0) is 31.1 Å². The molecule has 2 atom stereocenters. The summed E-state index contributed by atoms with van der Waals surface area (Å²) in [5.41, 5.74) is 6.64. The molecule has 1 aliphatic heterocycles. The van der Waals surface area contributed by atoms with Crippen molar-refractivity contribution in [1.82, 2.24) is 9.88 Å². The molecule has 2 heterocycles. The molecule has 0 saturated heterocycles. The molecule has 26 heavy (non-hydrogen) atoms. The first kappa shape index (κ1) is 17.7. The molecule has 0 fully saturated rings. The van der Waals surface area contributed by atoms with Gasteiger partial charge in [0.15, 0.2) is 5.41 Å². The van der Waals surface area contributed by atoms with Gasteiger partial charge in [0.2, 0.25) is 0 Å². The highest BCUT2D eigenvalue weighted by Gasteiger charge is 2.54. The van der Waals surface area contributed by atoms with E-state index in [9.17, 15) is 15.8 Å². The third kappa shape index (κ3) is 2.46. The number of nitrogens with two attached hydrogens (primary N) is 1. The van der Waals surface area contributed by atoms with Gasteiger partial charge in [0.1, 0.15) is 6.07 Å². The van der Waals surface area contributed by atoms with Gasteiger partial charge in [-0.3, -0.25) is 9.88 Å². The fourth-order valence-corrected chi connectivity index (χ4v) is 4.06. The zero-order chi connectivity index (χ0) is 18.9. The highest BCUT2D eigenvalue weighted by atomic mass is 15.2. The van der Waals surface area contributed by atoms with Crippen LogP contribution < -0.4 is 5.73 Å². The van der Waals surface area contributed by atoms with Crippen LogP contribution in [0.1, 0.15) is 25.3 Å². The second-order valence-corrected chi connectivity index (χ2v) is 7.01. The minimum atomic E-state index is -1.59. The molecule has 6 heteroatoms. The molecule has 0 amide bonds. The lowest BCUT2D eigenvalue weighted by atomic mass is 9.58. The molecule has 1 aromatic heterocycles. The summed E-state index contributed by atoms with van der Waals surface area (Å²) in [4.78, 5) is 6.45. The summed E-state index contributed by atoms with van der Waals surface area (Å²) in [5.74, 6) is -0.646. The average molecular weight is 344 g/mol. The number of aromatic nitrogens is 1. The normalized spacial score (nSPS) is 24.8. The Morgan fingerprint density at radius 1 is 1.31 bits per heavy atom. The Bertz CT molecular complexity index is 877. The molecule has 6 nitrogen and oxygen atoms in total. The minimum absolute atomic E-state index is 0.0550. The van der Waals surface area contributed by atoms with Crippen LogP contribution in [0.3, 0.4) is 0 Å². The van der Waals surface area contributed by atoms with E-state index < -0.39 is 11.3 Å². The van der Waals surface area contributed by atoms with Crippen molar-refractivity contribution in [3.63, 3.8) is 0 Å². The number of rotatable bonds is 2. The first-order valence-corrected chi connectivity index (χ1v) is 8.57. The average Bonchev–Trinajstić information content (AvgIpc) is 2.67. The monoisotopic (exact) mass is 344 g/mol. The standard InChI is InChI=1S/C20H20N6/c1-13(2)26-7-5-15-16(8-21)19(24)20(11-22,12-23)18(17(15)10-26)14-4-3-6-25-9-14/h3-6,9,13,17-18H,7,10,24H2,1-2H3/t17-,18-/m0/s1. The Labute approximate surface area is 153 Å². The number of hydrogen-bond donors (Lipinski definition) is 1. The zero-order valence-corrected chi connectivity index (χ0v) is 14.8. The van der Waals surface area contributed by atoms with Gasteiger partial charge < -0.3 is 5.73 Å². The molecular formula is C20H20N6. The van der Waals surface area contributed by atoms with E-state index in [4.69, 9.17) is 5.73 Å². The fourth-order valence-electron chi connectivity index (χ4n) is 4.06. The second-order valence-electron chi connectivity index (χ2n) is 7.01. The largest absolute Gasteiger partial charge is 0.399 e. The molecule has 1 aromatic rings. The van der Waals surface area contributed by atoms with Gasteiger partial charge >= 0.3 is 0 Å². The summed E-state index contributed by atoms with van der Waals surface area (Å²) >= 11 is 0. The third-order valence-corrected chi connectivity index (χ3v) is 5.47. The maximum Gasteiger partial charge on any atom is 0.191 e. The summed E-state index contributed by atoms with van der Waals surface area (Å²) < 4.78 is 0. The molecule has 0 radical (unpaired) electrons. The number of nitrogens with zero attached hydrogens (tertiary/aromatic N) is 5. The van der Waals surface area contributed by atoms with E-state index in [2.05, 4.69) is 41.9 Å². The first-order valence-electron chi connectivity index (χ1n) is 8.57. The van der Waals surface area contributed by atoms with Crippen LogP contribution in [-0.2, 0) is 0 Å². The van der Waals surface area contributed by atoms with Crippen molar-refractivity contribution < 1.29 is 0 Å². The van der Waals surface area contributed by atoms with E-state index in [0.717, 1.165) is 11.1 Å². The van der Waals surface area contributed by atoms with Crippen molar-refractivity contribution in [3.05, 3.63) is 53.0 Å². The highest BCUT2D eigenvalue weighted by Crippen LogP contribution is 2.54. The Hall–Kier alpha value is -3.14. The minimum Gasteiger partial charge on any atom is -0.399 e. The molecule has 130 valence electrons. The number of allylic oxidation sites excluding steroid dienone is 2. The molecule has 0 spiro atoms. The molecule has 2 aliphatic rings. The highest BCUT2D eigenvalue weighted by molar-refractivity contribution is 5.59. The van der Waals surface area contributed by atoms with Gasteiger partial charge in [-0.25, -0.2) is 0 Å². The van der Waals surface area contributed by atoms with Crippen molar-refractivity contribution in [3.8, 4) is 18.2 Å². The van der Waals surface area contributed by atoms with Gasteiger partial charge in [-0.2, -0.15) is 15.8 Å². The van der Waals surface area contributed by atoms with Crippen molar-refractivity contribution >= 4 is 0 Å². The Kier molecular flexibility index (Phi) is 4.51. The predicted molar refractivity (Wildman–Crippen MR) is 95.7 cm³/mol. The van der Waals surface area contributed by atoms with Gasteiger partial charge in [-0.15, -0.1) is 0 Å². The van der Waals surface area contributed by atoms with Gasteiger partial charge in [0.05, 0.1) is 23.4 Å². The van der Waals surface area contributed by atoms with E-state index in [-0.39, 0.29) is 17.2 Å².